The number of nitrogens with one attached hydrogen (secondary N) is 2. The minimum Gasteiger partial charge on any atom is -0.380 e. The molecule has 3 rings (SSSR count). The number of ether oxygens (including phenoxy) is 1. The molecule has 0 aliphatic carbocycles. The van der Waals surface area contributed by atoms with Crippen LogP contribution in [0.25, 0.3) is 10.9 Å². The van der Waals surface area contributed by atoms with E-state index in [1.807, 2.05) is 13.0 Å². The lowest BCUT2D eigenvalue weighted by atomic mass is 10.1. The van der Waals surface area contributed by atoms with Crippen LogP contribution < -0.4 is 10.9 Å². The number of rotatable bonds is 4. The number of aryl methyl sites for hydroxylation is 1. The third kappa shape index (κ3) is 3.30. The lowest BCUT2D eigenvalue weighted by Crippen LogP contribution is -2.13. The first-order valence-electron chi connectivity index (χ1n) is 6.95. The molecule has 0 unspecified atom stereocenters. The number of amides is 1. The summed E-state index contributed by atoms with van der Waals surface area (Å²) < 4.78 is 5.12. The van der Waals surface area contributed by atoms with Crippen molar-refractivity contribution in [3.05, 3.63) is 56.3 Å². The van der Waals surface area contributed by atoms with Crippen LogP contribution in [0.2, 0.25) is 0 Å². The van der Waals surface area contributed by atoms with Crippen molar-refractivity contribution in [3.63, 3.8) is 0 Å². The number of aromatic nitrogens is 2. The van der Waals surface area contributed by atoms with Crippen LogP contribution in [0.3, 0.4) is 0 Å². The van der Waals surface area contributed by atoms with E-state index in [0.29, 0.717) is 23.5 Å². The highest BCUT2D eigenvalue weighted by molar-refractivity contribution is 7.09. The molecule has 0 spiro atoms. The Morgan fingerprint density at radius 1 is 1.39 bits per heavy atom. The fourth-order valence-electron chi connectivity index (χ4n) is 2.35. The fourth-order valence-corrected chi connectivity index (χ4v) is 2.94. The van der Waals surface area contributed by atoms with Gasteiger partial charge in [0, 0.05) is 29.6 Å². The second-order valence-electron chi connectivity index (χ2n) is 5.06. The number of methoxy groups -OCH3 is 1. The molecule has 0 fully saturated rings. The summed E-state index contributed by atoms with van der Waals surface area (Å²) in [5.74, 6) is -0.274. The molecule has 1 aromatic carbocycles. The molecule has 6 nitrogen and oxygen atoms in total. The van der Waals surface area contributed by atoms with Gasteiger partial charge in [-0.3, -0.25) is 9.59 Å². The maximum Gasteiger partial charge on any atom is 0.275 e. The van der Waals surface area contributed by atoms with Gasteiger partial charge >= 0.3 is 0 Å². The van der Waals surface area contributed by atoms with Gasteiger partial charge in [0.05, 0.1) is 17.1 Å². The quantitative estimate of drug-likeness (QED) is 0.771. The van der Waals surface area contributed by atoms with Crippen molar-refractivity contribution in [1.82, 2.24) is 9.97 Å². The van der Waals surface area contributed by atoms with Crippen LogP contribution in [-0.4, -0.2) is 23.0 Å². The molecule has 0 radical (unpaired) electrons. The molecule has 118 valence electrons. The number of H-pyrrole nitrogens is 1. The average molecular weight is 329 g/mol. The van der Waals surface area contributed by atoms with Gasteiger partial charge in [0.15, 0.2) is 0 Å². The van der Waals surface area contributed by atoms with Crippen LogP contribution in [0.1, 0.15) is 21.1 Å². The van der Waals surface area contributed by atoms with Crippen LogP contribution >= 0.6 is 11.3 Å². The van der Waals surface area contributed by atoms with Crippen molar-refractivity contribution >= 4 is 33.8 Å². The number of thiazole rings is 1. The lowest BCUT2D eigenvalue weighted by molar-refractivity contribution is 0.102. The van der Waals surface area contributed by atoms with E-state index < -0.39 is 0 Å². The Bertz CT molecular complexity index is 930. The molecule has 0 aliphatic heterocycles. The molecular formula is C16H15N3O3S. The van der Waals surface area contributed by atoms with Crippen LogP contribution in [0, 0.1) is 6.92 Å². The lowest BCUT2D eigenvalue weighted by Gasteiger charge is -2.08. The molecule has 23 heavy (non-hydrogen) atoms. The van der Waals surface area contributed by atoms with E-state index in [0.717, 1.165) is 16.0 Å². The number of hydrogen-bond acceptors (Lipinski definition) is 5. The van der Waals surface area contributed by atoms with E-state index in [2.05, 4.69) is 15.3 Å². The monoisotopic (exact) mass is 329 g/mol. The zero-order chi connectivity index (χ0) is 16.4. The highest BCUT2D eigenvalue weighted by Crippen LogP contribution is 2.21. The first-order chi connectivity index (χ1) is 11.1. The number of pyridine rings is 1. The number of aromatic amines is 1. The van der Waals surface area contributed by atoms with Crippen molar-refractivity contribution < 1.29 is 9.53 Å². The van der Waals surface area contributed by atoms with Gasteiger partial charge in [0.2, 0.25) is 5.56 Å². The normalized spacial score (nSPS) is 10.9. The van der Waals surface area contributed by atoms with E-state index in [-0.39, 0.29) is 11.5 Å². The maximum absolute atomic E-state index is 12.1. The van der Waals surface area contributed by atoms with E-state index in [4.69, 9.17) is 4.74 Å². The number of carbonyl (C=O) groups excluding carboxylic acids is 1. The fraction of sp³-hybridized carbons (Fsp3) is 0.188. The molecule has 2 heterocycles. The van der Waals surface area contributed by atoms with Gasteiger partial charge in [-0.1, -0.05) is 6.07 Å². The number of fused-ring (bicyclic) bond motifs is 1. The van der Waals surface area contributed by atoms with E-state index in [9.17, 15) is 9.59 Å². The second-order valence-corrected chi connectivity index (χ2v) is 6.12. The van der Waals surface area contributed by atoms with Crippen LogP contribution in [0.4, 0.5) is 5.69 Å². The van der Waals surface area contributed by atoms with Gasteiger partial charge in [-0.15, -0.1) is 11.3 Å². The highest BCUT2D eigenvalue weighted by Gasteiger charge is 2.11. The van der Waals surface area contributed by atoms with Gasteiger partial charge in [-0.2, -0.15) is 0 Å². The van der Waals surface area contributed by atoms with Gasteiger partial charge in [0.1, 0.15) is 5.69 Å². The van der Waals surface area contributed by atoms with Crippen LogP contribution in [-0.2, 0) is 11.3 Å². The summed E-state index contributed by atoms with van der Waals surface area (Å²) in [6, 6.07) is 6.88. The molecule has 0 bridgehead atoms. The van der Waals surface area contributed by atoms with Crippen LogP contribution in [0.5, 0.6) is 0 Å². The van der Waals surface area contributed by atoms with E-state index >= 15 is 0 Å². The summed E-state index contributed by atoms with van der Waals surface area (Å²) in [7, 11) is 1.58. The number of benzene rings is 1. The number of hydrogen-bond donors (Lipinski definition) is 2. The summed E-state index contributed by atoms with van der Waals surface area (Å²) in [6.07, 6.45) is 0. The first kappa shape index (κ1) is 15.4. The van der Waals surface area contributed by atoms with Gasteiger partial charge < -0.3 is 15.0 Å². The molecular weight excluding hydrogens is 314 g/mol. The zero-order valence-corrected chi connectivity index (χ0v) is 13.5. The Morgan fingerprint density at radius 3 is 2.91 bits per heavy atom. The summed E-state index contributed by atoms with van der Waals surface area (Å²) in [6.45, 7) is 2.20. The maximum atomic E-state index is 12.1. The van der Waals surface area contributed by atoms with Crippen molar-refractivity contribution in [2.75, 3.05) is 12.4 Å². The third-order valence-electron chi connectivity index (χ3n) is 3.34. The van der Waals surface area contributed by atoms with Gasteiger partial charge in [-0.25, -0.2) is 4.98 Å². The van der Waals surface area contributed by atoms with Gasteiger partial charge in [0.25, 0.3) is 5.91 Å². The minimum atomic E-state index is -0.274. The van der Waals surface area contributed by atoms with Crippen molar-refractivity contribution in [2.24, 2.45) is 0 Å². The van der Waals surface area contributed by atoms with Crippen LogP contribution in [0.15, 0.2) is 34.4 Å². The van der Waals surface area contributed by atoms with E-state index in [1.54, 1.807) is 24.6 Å². The average Bonchev–Trinajstić information content (AvgIpc) is 2.94. The predicted octanol–water partition coefficient (Wildman–Crippen LogP) is 2.69. The summed E-state index contributed by atoms with van der Waals surface area (Å²) in [5.41, 5.74) is 2.23. The Labute approximate surface area is 136 Å². The van der Waals surface area contributed by atoms with E-state index in [1.165, 1.54) is 17.4 Å². The Balaban J connectivity index is 1.94. The highest BCUT2D eigenvalue weighted by atomic mass is 32.1. The molecule has 1 amide bonds. The molecule has 2 aromatic heterocycles. The second kappa shape index (κ2) is 6.31. The Morgan fingerprint density at radius 2 is 2.22 bits per heavy atom. The SMILES string of the molecule is COCc1cc(=O)[nH]c2cc(NC(=O)c3csc(C)n3)ccc12. The molecule has 0 aliphatic rings. The minimum absolute atomic E-state index is 0.205. The standard InChI is InChI=1S/C16H15N3O3S/c1-9-17-14(8-23-9)16(21)18-11-3-4-12-10(7-22-2)5-15(20)19-13(12)6-11/h3-6,8H,7H2,1-2H3,(H,18,21)(H,19,20). The van der Waals surface area contributed by atoms with Crippen molar-refractivity contribution in [1.29, 1.82) is 0 Å². The predicted molar refractivity (Wildman–Crippen MR) is 90.1 cm³/mol. The molecule has 3 aromatic rings. The molecule has 7 heteroatoms. The number of carbonyl (C=O) groups is 1. The summed E-state index contributed by atoms with van der Waals surface area (Å²) in [5, 5.41) is 6.22. The van der Waals surface area contributed by atoms with Crippen molar-refractivity contribution in [3.8, 4) is 0 Å². The van der Waals surface area contributed by atoms with Gasteiger partial charge in [-0.05, 0) is 24.6 Å². The summed E-state index contributed by atoms with van der Waals surface area (Å²) in [4.78, 5) is 30.8. The summed E-state index contributed by atoms with van der Waals surface area (Å²) >= 11 is 1.42. The molecule has 2 N–H and O–H groups in total. The van der Waals surface area contributed by atoms with Crippen molar-refractivity contribution in [2.45, 2.75) is 13.5 Å². The first-order valence-corrected chi connectivity index (χ1v) is 7.83. The molecule has 0 saturated heterocycles. The molecule has 0 atom stereocenters. The Hall–Kier alpha value is -2.51. The number of anilines is 1. The largest absolute Gasteiger partial charge is 0.380 e. The number of nitrogens with zero attached hydrogens (tertiary/aromatic N) is 1. The molecule has 0 saturated carbocycles. The Kier molecular flexibility index (Phi) is 4.22. The smallest absolute Gasteiger partial charge is 0.275 e. The third-order valence-corrected chi connectivity index (χ3v) is 4.11. The topological polar surface area (TPSA) is 84.1 Å². The zero-order valence-electron chi connectivity index (χ0n) is 12.7.